The number of fused-ring (bicyclic) bond motifs is 1. The molecular weight excluding hydrogens is 470 g/mol. The van der Waals surface area contributed by atoms with E-state index in [9.17, 15) is 9.59 Å². The van der Waals surface area contributed by atoms with Gasteiger partial charge in [0.05, 0.1) is 24.2 Å². The largest absolute Gasteiger partial charge is 0.461 e. The van der Waals surface area contributed by atoms with Gasteiger partial charge in [0.15, 0.2) is 5.78 Å². The quantitative estimate of drug-likeness (QED) is 0.225. The van der Waals surface area contributed by atoms with Crippen LogP contribution in [0.1, 0.15) is 64.3 Å². The van der Waals surface area contributed by atoms with Crippen molar-refractivity contribution in [3.63, 3.8) is 0 Å². The second-order valence-electron chi connectivity index (χ2n) is 9.48. The zero-order valence-electron chi connectivity index (χ0n) is 22.8. The molecule has 1 saturated carbocycles. The van der Waals surface area contributed by atoms with Crippen molar-refractivity contribution >= 4 is 28.4 Å². The molecule has 0 saturated heterocycles. The van der Waals surface area contributed by atoms with E-state index in [4.69, 9.17) is 19.2 Å². The number of Topliss-reactive ketones (excluding diaryl/α,β-unsaturated/α-hetero) is 1. The van der Waals surface area contributed by atoms with Crippen LogP contribution in [0.4, 0.5) is 0 Å². The van der Waals surface area contributed by atoms with Crippen molar-refractivity contribution < 1.29 is 23.8 Å². The van der Waals surface area contributed by atoms with Crippen molar-refractivity contribution in [2.75, 3.05) is 27.4 Å². The predicted molar refractivity (Wildman–Crippen MR) is 145 cm³/mol. The summed E-state index contributed by atoms with van der Waals surface area (Å²) in [6.07, 6.45) is 8.46. The molecule has 37 heavy (non-hydrogen) atoms. The van der Waals surface area contributed by atoms with Gasteiger partial charge in [-0.25, -0.2) is 4.98 Å². The van der Waals surface area contributed by atoms with Gasteiger partial charge in [-0.05, 0) is 68.9 Å². The van der Waals surface area contributed by atoms with E-state index in [0.717, 1.165) is 53.7 Å². The van der Waals surface area contributed by atoms with E-state index in [1.165, 1.54) is 0 Å². The number of benzene rings is 1. The van der Waals surface area contributed by atoms with E-state index >= 15 is 0 Å². The lowest BCUT2D eigenvalue weighted by Crippen LogP contribution is -2.42. The van der Waals surface area contributed by atoms with E-state index in [2.05, 4.69) is 9.88 Å². The Bertz CT molecular complexity index is 1130. The molecule has 1 atom stereocenters. The highest BCUT2D eigenvalue weighted by molar-refractivity contribution is 5.97. The number of ketones is 1. The lowest BCUT2D eigenvalue weighted by atomic mass is 10.1. The second kappa shape index (κ2) is 14.2. The first-order chi connectivity index (χ1) is 17.9. The molecule has 202 valence electrons. The van der Waals surface area contributed by atoms with Crippen molar-refractivity contribution in [1.82, 2.24) is 14.9 Å². The SMILES string of the molecule is C/C=C(\C=C(\C)C(=O)CC)c1nc2cc(CNC(COC)C(=O)OC3CCCC3)ccc2n1CCOC. The number of hydrogen-bond acceptors (Lipinski definition) is 7. The van der Waals surface area contributed by atoms with E-state index in [-0.39, 0.29) is 24.5 Å². The summed E-state index contributed by atoms with van der Waals surface area (Å²) in [6.45, 7) is 7.55. The molecule has 8 nitrogen and oxygen atoms in total. The Labute approximate surface area is 220 Å². The Kier molecular flexibility index (Phi) is 11.0. The summed E-state index contributed by atoms with van der Waals surface area (Å²) < 4.78 is 18.4. The van der Waals surface area contributed by atoms with Crippen LogP contribution in [-0.2, 0) is 36.9 Å². The molecule has 1 fully saturated rings. The predicted octanol–water partition coefficient (Wildman–Crippen LogP) is 4.60. The molecule has 1 aromatic carbocycles. The van der Waals surface area contributed by atoms with Crippen LogP contribution in [0.25, 0.3) is 16.6 Å². The van der Waals surface area contributed by atoms with Crippen LogP contribution in [0, 0.1) is 0 Å². The number of ether oxygens (including phenoxy) is 3. The third-order valence-electron chi connectivity index (χ3n) is 6.79. The smallest absolute Gasteiger partial charge is 0.325 e. The minimum absolute atomic E-state index is 0.0191. The van der Waals surface area contributed by atoms with E-state index < -0.39 is 6.04 Å². The van der Waals surface area contributed by atoms with Gasteiger partial charge in [0, 0.05) is 39.3 Å². The first-order valence-corrected chi connectivity index (χ1v) is 13.2. The Morgan fingerprint density at radius 3 is 2.62 bits per heavy atom. The highest BCUT2D eigenvalue weighted by Crippen LogP contribution is 2.25. The standard InChI is InChI=1S/C29H41N3O5/c1-6-22(16-20(3)27(33)7-2)28-31-24-17-21(12-13-26(24)32(28)14-15-35-4)18-30-25(19-36-5)29(34)37-23-10-8-9-11-23/h6,12-13,16-17,23,25,30H,7-11,14-15,18-19H2,1-5H3/b20-16-,22-6+. The number of carbonyl (C=O) groups is 2. The van der Waals surface area contributed by atoms with Crippen molar-refractivity contribution in [2.24, 2.45) is 0 Å². The van der Waals surface area contributed by atoms with Crippen molar-refractivity contribution in [3.05, 3.63) is 47.3 Å². The van der Waals surface area contributed by atoms with E-state index in [1.807, 2.05) is 51.1 Å². The normalized spacial score (nSPS) is 15.9. The molecule has 1 heterocycles. The van der Waals surface area contributed by atoms with Crippen molar-refractivity contribution in [1.29, 1.82) is 0 Å². The molecule has 1 unspecified atom stereocenters. The number of carbonyl (C=O) groups excluding carboxylic acids is 2. The number of nitrogens with zero attached hydrogens (tertiary/aromatic N) is 2. The maximum atomic E-state index is 12.7. The molecule has 0 bridgehead atoms. The van der Waals surface area contributed by atoms with Crippen molar-refractivity contribution in [2.45, 2.75) is 78.1 Å². The number of hydrogen-bond donors (Lipinski definition) is 1. The number of imidazole rings is 1. The molecule has 1 aliphatic carbocycles. The molecule has 3 rings (SSSR count). The molecule has 1 aliphatic rings. The molecule has 0 radical (unpaired) electrons. The lowest BCUT2D eigenvalue weighted by Gasteiger charge is -2.19. The molecule has 0 amide bonds. The van der Waals surface area contributed by atoms with Crippen LogP contribution in [0.3, 0.4) is 0 Å². The minimum atomic E-state index is -0.532. The highest BCUT2D eigenvalue weighted by Gasteiger charge is 2.25. The Hall–Kier alpha value is -2.81. The van der Waals surface area contributed by atoms with Gasteiger partial charge in [-0.2, -0.15) is 0 Å². The fourth-order valence-corrected chi connectivity index (χ4v) is 4.65. The van der Waals surface area contributed by atoms with Gasteiger partial charge in [-0.3, -0.25) is 14.9 Å². The summed E-state index contributed by atoms with van der Waals surface area (Å²) in [5, 5.41) is 3.30. The fraction of sp³-hybridized carbons (Fsp3) is 0.552. The van der Waals surface area contributed by atoms with E-state index in [1.54, 1.807) is 14.2 Å². The first kappa shape index (κ1) is 28.8. The Morgan fingerprint density at radius 2 is 1.97 bits per heavy atom. The van der Waals surface area contributed by atoms with Crippen molar-refractivity contribution in [3.8, 4) is 0 Å². The molecule has 1 aromatic heterocycles. The lowest BCUT2D eigenvalue weighted by molar-refractivity contribution is -0.152. The molecule has 0 spiro atoms. The molecule has 1 N–H and O–H groups in total. The number of aromatic nitrogens is 2. The number of esters is 1. The third kappa shape index (κ3) is 7.60. The van der Waals surface area contributed by atoms with Gasteiger partial charge in [0.1, 0.15) is 18.0 Å². The van der Waals surface area contributed by atoms with Crippen LogP contribution < -0.4 is 5.32 Å². The first-order valence-electron chi connectivity index (χ1n) is 13.2. The average molecular weight is 512 g/mol. The highest BCUT2D eigenvalue weighted by atomic mass is 16.5. The van der Waals surface area contributed by atoms with Gasteiger partial charge >= 0.3 is 5.97 Å². The third-order valence-corrected chi connectivity index (χ3v) is 6.79. The summed E-state index contributed by atoms with van der Waals surface area (Å²) >= 11 is 0. The van der Waals surface area contributed by atoms with Gasteiger partial charge in [0.25, 0.3) is 0 Å². The topological polar surface area (TPSA) is 91.7 Å². The zero-order valence-corrected chi connectivity index (χ0v) is 22.8. The number of methoxy groups -OCH3 is 2. The maximum absolute atomic E-state index is 12.7. The summed E-state index contributed by atoms with van der Waals surface area (Å²) in [5.74, 6) is 0.645. The van der Waals surface area contributed by atoms with Crippen LogP contribution in [0.2, 0.25) is 0 Å². The summed E-state index contributed by atoms with van der Waals surface area (Å²) in [5.41, 5.74) is 4.42. The molecular formula is C29H41N3O5. The number of allylic oxidation sites excluding steroid dienone is 4. The van der Waals surface area contributed by atoms with Gasteiger partial charge < -0.3 is 18.8 Å². The van der Waals surface area contributed by atoms with Crippen LogP contribution in [0.5, 0.6) is 0 Å². The fourth-order valence-electron chi connectivity index (χ4n) is 4.65. The average Bonchev–Trinajstić information content (AvgIpc) is 3.54. The summed E-state index contributed by atoms with van der Waals surface area (Å²) in [4.78, 5) is 29.8. The summed E-state index contributed by atoms with van der Waals surface area (Å²) in [7, 11) is 3.26. The molecule has 8 heteroatoms. The van der Waals surface area contributed by atoms with Gasteiger partial charge in [-0.1, -0.05) is 19.1 Å². The number of rotatable bonds is 14. The van der Waals surface area contributed by atoms with Crippen LogP contribution in [0.15, 0.2) is 35.9 Å². The van der Waals surface area contributed by atoms with Gasteiger partial charge in [-0.15, -0.1) is 0 Å². The van der Waals surface area contributed by atoms with Crippen LogP contribution in [-0.4, -0.2) is 60.9 Å². The summed E-state index contributed by atoms with van der Waals surface area (Å²) in [6, 6.07) is 5.58. The Morgan fingerprint density at radius 1 is 1.22 bits per heavy atom. The monoisotopic (exact) mass is 511 g/mol. The molecule has 0 aliphatic heterocycles. The Balaban J connectivity index is 1.84. The van der Waals surface area contributed by atoms with E-state index in [0.29, 0.717) is 31.7 Å². The van der Waals surface area contributed by atoms with Gasteiger partial charge in [0.2, 0.25) is 0 Å². The zero-order chi connectivity index (χ0) is 26.8. The van der Waals surface area contributed by atoms with Crippen LogP contribution >= 0.6 is 0 Å². The minimum Gasteiger partial charge on any atom is -0.461 e. The second-order valence-corrected chi connectivity index (χ2v) is 9.48. The number of nitrogens with one attached hydrogen (secondary N) is 1. The molecule has 2 aromatic rings. The maximum Gasteiger partial charge on any atom is 0.325 e.